The lowest BCUT2D eigenvalue weighted by Crippen LogP contribution is -2.42. The smallest absolute Gasteiger partial charge is 0.159 e. The molecule has 1 fully saturated rings. The molecular formula is C24H32N2O5S. The van der Waals surface area contributed by atoms with Gasteiger partial charge in [-0.25, -0.2) is 8.42 Å². The number of carbonyl (C=O) groups excluding carboxylic acids is 1. The van der Waals surface area contributed by atoms with Crippen molar-refractivity contribution in [2.45, 2.75) is 32.0 Å². The van der Waals surface area contributed by atoms with E-state index in [1.165, 1.54) is 6.92 Å². The molecule has 0 spiro atoms. The minimum absolute atomic E-state index is 0.0510. The third-order valence-electron chi connectivity index (χ3n) is 5.69. The normalized spacial score (nSPS) is 18.5. The van der Waals surface area contributed by atoms with Gasteiger partial charge in [0, 0.05) is 44.5 Å². The van der Waals surface area contributed by atoms with Crippen LogP contribution in [0.15, 0.2) is 48.5 Å². The molecule has 0 bridgehead atoms. The van der Waals surface area contributed by atoms with Gasteiger partial charge in [-0.2, -0.15) is 0 Å². The second kappa shape index (κ2) is 10.5. The lowest BCUT2D eigenvalue weighted by molar-refractivity contribution is 0.0524. The van der Waals surface area contributed by atoms with Gasteiger partial charge in [-0.3, -0.25) is 9.69 Å². The summed E-state index contributed by atoms with van der Waals surface area (Å²) in [4.78, 5) is 15.6. The van der Waals surface area contributed by atoms with E-state index < -0.39 is 15.9 Å². The van der Waals surface area contributed by atoms with Crippen molar-refractivity contribution in [3.63, 3.8) is 0 Å². The van der Waals surface area contributed by atoms with Crippen LogP contribution in [0.3, 0.4) is 0 Å². The van der Waals surface area contributed by atoms with Crippen LogP contribution in [-0.2, 0) is 16.4 Å². The molecule has 2 aromatic carbocycles. The quantitative estimate of drug-likeness (QED) is 0.545. The first kappa shape index (κ1) is 24.2. The predicted octanol–water partition coefficient (Wildman–Crippen LogP) is 2.38. The number of ether oxygens (including phenoxy) is 1. The van der Waals surface area contributed by atoms with E-state index >= 15 is 0 Å². The molecule has 7 nitrogen and oxygen atoms in total. The van der Waals surface area contributed by atoms with Gasteiger partial charge in [0.2, 0.25) is 0 Å². The van der Waals surface area contributed by atoms with E-state index in [-0.39, 0.29) is 29.9 Å². The molecule has 0 aromatic heterocycles. The highest BCUT2D eigenvalue weighted by Crippen LogP contribution is 2.22. The fourth-order valence-corrected chi connectivity index (χ4v) is 5.62. The molecule has 1 saturated heterocycles. The molecule has 32 heavy (non-hydrogen) atoms. The number of nitrogens with zero attached hydrogens (tertiary/aromatic N) is 2. The van der Waals surface area contributed by atoms with Crippen LogP contribution < -0.4 is 9.64 Å². The molecule has 0 radical (unpaired) electrons. The Morgan fingerprint density at radius 2 is 1.91 bits per heavy atom. The summed E-state index contributed by atoms with van der Waals surface area (Å²) < 4.78 is 29.8. The van der Waals surface area contributed by atoms with E-state index in [4.69, 9.17) is 4.74 Å². The van der Waals surface area contributed by atoms with Crippen LogP contribution in [-0.4, -0.2) is 75.1 Å². The number of sulfone groups is 1. The van der Waals surface area contributed by atoms with E-state index in [2.05, 4.69) is 0 Å². The van der Waals surface area contributed by atoms with Gasteiger partial charge in [0.15, 0.2) is 15.6 Å². The topological polar surface area (TPSA) is 87.2 Å². The number of Topliss-reactive ketones (excluding diaryl/α,β-unsaturated/α-hetero) is 1. The number of rotatable bonds is 10. The fourth-order valence-electron chi connectivity index (χ4n) is 3.86. The van der Waals surface area contributed by atoms with Crippen LogP contribution in [0, 0.1) is 0 Å². The number of ketones is 1. The average Bonchev–Trinajstić information content (AvgIpc) is 3.12. The SMILES string of the molecule is CC(=O)c1cccc(OCC(O)CN(Cc2ccc(N(C)C)cc2)C2CCS(=O)(=O)C2)c1. The Hall–Kier alpha value is -2.42. The summed E-state index contributed by atoms with van der Waals surface area (Å²) in [5.41, 5.74) is 2.70. The molecule has 8 heteroatoms. The second-order valence-corrected chi connectivity index (χ2v) is 10.8. The Morgan fingerprint density at radius 1 is 1.19 bits per heavy atom. The molecule has 1 heterocycles. The first-order valence-corrected chi connectivity index (χ1v) is 12.6. The van der Waals surface area contributed by atoms with Gasteiger partial charge < -0.3 is 14.7 Å². The van der Waals surface area contributed by atoms with Crippen molar-refractivity contribution in [3.05, 3.63) is 59.7 Å². The Balaban J connectivity index is 1.66. The van der Waals surface area contributed by atoms with Crippen LogP contribution in [0.5, 0.6) is 5.75 Å². The highest BCUT2D eigenvalue weighted by atomic mass is 32.2. The Kier molecular flexibility index (Phi) is 7.92. The molecule has 2 unspecified atom stereocenters. The Bertz CT molecular complexity index is 1020. The van der Waals surface area contributed by atoms with E-state index in [9.17, 15) is 18.3 Å². The molecule has 2 aromatic rings. The number of aliphatic hydroxyl groups excluding tert-OH is 1. The van der Waals surface area contributed by atoms with E-state index in [1.807, 2.05) is 48.2 Å². The zero-order valence-electron chi connectivity index (χ0n) is 18.9. The standard InChI is InChI=1S/C24H32N2O5S/c1-18(27)20-5-4-6-24(13-20)31-16-23(28)15-26(22-11-12-32(29,30)17-22)14-19-7-9-21(10-8-19)25(2)3/h4-10,13,22-23,28H,11-12,14-17H2,1-3H3. The summed E-state index contributed by atoms with van der Waals surface area (Å²) in [5, 5.41) is 10.7. The zero-order valence-corrected chi connectivity index (χ0v) is 19.7. The minimum Gasteiger partial charge on any atom is -0.491 e. The lowest BCUT2D eigenvalue weighted by Gasteiger charge is -2.30. The number of hydrogen-bond donors (Lipinski definition) is 1. The summed E-state index contributed by atoms with van der Waals surface area (Å²) in [6.07, 6.45) is -0.243. The van der Waals surface area contributed by atoms with Crippen molar-refractivity contribution < 1.29 is 23.1 Å². The van der Waals surface area contributed by atoms with E-state index in [0.29, 0.717) is 30.8 Å². The van der Waals surface area contributed by atoms with Crippen molar-refractivity contribution >= 4 is 21.3 Å². The monoisotopic (exact) mass is 460 g/mol. The van der Waals surface area contributed by atoms with Gasteiger partial charge in [0.1, 0.15) is 18.5 Å². The number of aliphatic hydroxyl groups is 1. The number of benzene rings is 2. The van der Waals surface area contributed by atoms with Gasteiger partial charge in [0.25, 0.3) is 0 Å². The fraction of sp³-hybridized carbons (Fsp3) is 0.458. The van der Waals surface area contributed by atoms with Crippen molar-refractivity contribution in [2.24, 2.45) is 0 Å². The van der Waals surface area contributed by atoms with Crippen LogP contribution in [0.4, 0.5) is 5.69 Å². The van der Waals surface area contributed by atoms with Gasteiger partial charge in [-0.1, -0.05) is 24.3 Å². The molecule has 1 N–H and O–H groups in total. The molecule has 0 amide bonds. The summed E-state index contributed by atoms with van der Waals surface area (Å²) >= 11 is 0. The van der Waals surface area contributed by atoms with Gasteiger partial charge in [-0.15, -0.1) is 0 Å². The van der Waals surface area contributed by atoms with Crippen molar-refractivity contribution in [3.8, 4) is 5.75 Å². The second-order valence-electron chi connectivity index (χ2n) is 8.60. The summed E-state index contributed by atoms with van der Waals surface area (Å²) in [5.74, 6) is 0.755. The van der Waals surface area contributed by atoms with Crippen LogP contribution >= 0.6 is 0 Å². The highest BCUT2D eigenvalue weighted by Gasteiger charge is 2.33. The van der Waals surface area contributed by atoms with Gasteiger partial charge in [0.05, 0.1) is 11.5 Å². The first-order valence-electron chi connectivity index (χ1n) is 10.8. The predicted molar refractivity (Wildman–Crippen MR) is 126 cm³/mol. The van der Waals surface area contributed by atoms with E-state index in [1.54, 1.807) is 24.3 Å². The van der Waals surface area contributed by atoms with Crippen LogP contribution in [0.25, 0.3) is 0 Å². The molecule has 2 atom stereocenters. The maximum absolute atomic E-state index is 12.1. The van der Waals surface area contributed by atoms with Crippen LogP contribution in [0.2, 0.25) is 0 Å². The van der Waals surface area contributed by atoms with Crippen molar-refractivity contribution in [2.75, 3.05) is 43.7 Å². The lowest BCUT2D eigenvalue weighted by atomic mass is 10.1. The first-order chi connectivity index (χ1) is 15.1. The summed E-state index contributed by atoms with van der Waals surface area (Å²) in [6.45, 7) is 2.39. The van der Waals surface area contributed by atoms with Crippen molar-refractivity contribution in [1.82, 2.24) is 4.90 Å². The Morgan fingerprint density at radius 3 is 2.50 bits per heavy atom. The Labute approximate surface area is 190 Å². The van der Waals surface area contributed by atoms with Crippen LogP contribution in [0.1, 0.15) is 29.3 Å². The third-order valence-corrected chi connectivity index (χ3v) is 7.44. The van der Waals surface area contributed by atoms with Crippen molar-refractivity contribution in [1.29, 1.82) is 0 Å². The molecule has 1 aliphatic rings. The third kappa shape index (κ3) is 6.79. The van der Waals surface area contributed by atoms with E-state index in [0.717, 1.165) is 11.3 Å². The average molecular weight is 461 g/mol. The molecule has 1 aliphatic heterocycles. The molecule has 0 aliphatic carbocycles. The number of anilines is 1. The van der Waals surface area contributed by atoms with Gasteiger partial charge in [-0.05, 0) is 43.2 Å². The number of hydrogen-bond acceptors (Lipinski definition) is 7. The maximum Gasteiger partial charge on any atom is 0.159 e. The zero-order chi connectivity index (χ0) is 23.3. The molecular weight excluding hydrogens is 428 g/mol. The molecule has 0 saturated carbocycles. The molecule has 174 valence electrons. The summed E-state index contributed by atoms with van der Waals surface area (Å²) in [6, 6.07) is 14.8. The summed E-state index contributed by atoms with van der Waals surface area (Å²) in [7, 11) is 0.911. The molecule has 3 rings (SSSR count). The minimum atomic E-state index is -3.05. The highest BCUT2D eigenvalue weighted by molar-refractivity contribution is 7.91. The largest absolute Gasteiger partial charge is 0.491 e. The number of carbonyl (C=O) groups is 1. The maximum atomic E-state index is 12.1. The van der Waals surface area contributed by atoms with Gasteiger partial charge >= 0.3 is 0 Å².